The lowest BCUT2D eigenvalue weighted by atomic mass is 10.0. The average Bonchev–Trinajstić information content (AvgIpc) is 2.71. The first kappa shape index (κ1) is 20.2. The number of nitrogens with one attached hydrogen (secondary N) is 1. The van der Waals surface area contributed by atoms with Gasteiger partial charge in [0.15, 0.2) is 0 Å². The van der Waals surface area contributed by atoms with Gasteiger partial charge in [0.05, 0.1) is 12.5 Å². The van der Waals surface area contributed by atoms with E-state index in [1.807, 2.05) is 36.4 Å². The fourth-order valence-corrected chi connectivity index (χ4v) is 2.27. The molecule has 0 aliphatic carbocycles. The zero-order chi connectivity index (χ0) is 19.5. The van der Waals surface area contributed by atoms with Crippen molar-refractivity contribution >= 4 is 6.09 Å². The molecular formula is C20H22N2O5. The Balaban J connectivity index is 1.75. The number of alkyl carbamates (subject to hydrolysis) is 1. The van der Waals surface area contributed by atoms with Gasteiger partial charge < -0.3 is 25.0 Å². The third-order valence-corrected chi connectivity index (χ3v) is 3.74. The van der Waals surface area contributed by atoms with Gasteiger partial charge in [-0.05, 0) is 23.3 Å². The minimum Gasteiger partial charge on any atom is -0.493 e. The zero-order valence-corrected chi connectivity index (χ0v) is 14.7. The summed E-state index contributed by atoms with van der Waals surface area (Å²) in [7, 11) is 0. The Morgan fingerprint density at radius 3 is 2.48 bits per heavy atom. The third kappa shape index (κ3) is 6.98. The molecule has 7 heteroatoms. The number of hydrogen-bond acceptors (Lipinski definition) is 6. The Hall–Kier alpha value is -3.08. The van der Waals surface area contributed by atoms with Gasteiger partial charge in [-0.1, -0.05) is 42.5 Å². The smallest absolute Gasteiger partial charge is 0.407 e. The standard InChI is InChI=1S/C20H22N2O5/c21-11-4-12-26-17-9-7-16(8-10-17)19(24)18(23)13-22-20(25)27-14-15-5-2-1-3-6-15/h1-3,5-10,18-19,23-24H,4,12-14H2,(H,22,25). The molecule has 7 nitrogen and oxygen atoms in total. The first-order chi connectivity index (χ1) is 13.1. The Kier molecular flexibility index (Phi) is 8.10. The van der Waals surface area contributed by atoms with Crippen LogP contribution in [0.3, 0.4) is 0 Å². The summed E-state index contributed by atoms with van der Waals surface area (Å²) in [6.45, 7) is 0.254. The number of nitriles is 1. The van der Waals surface area contributed by atoms with E-state index < -0.39 is 18.3 Å². The van der Waals surface area contributed by atoms with Gasteiger partial charge in [-0.15, -0.1) is 0 Å². The molecule has 3 N–H and O–H groups in total. The zero-order valence-electron chi connectivity index (χ0n) is 14.7. The van der Waals surface area contributed by atoms with Crippen molar-refractivity contribution in [1.29, 1.82) is 5.26 Å². The van der Waals surface area contributed by atoms with Crippen LogP contribution >= 0.6 is 0 Å². The number of rotatable bonds is 9. The van der Waals surface area contributed by atoms with E-state index >= 15 is 0 Å². The van der Waals surface area contributed by atoms with Gasteiger partial charge in [-0.25, -0.2) is 4.79 Å². The van der Waals surface area contributed by atoms with E-state index in [-0.39, 0.29) is 26.2 Å². The molecule has 0 heterocycles. The number of carbonyl (C=O) groups is 1. The monoisotopic (exact) mass is 370 g/mol. The second kappa shape index (κ2) is 10.8. The van der Waals surface area contributed by atoms with Crippen LogP contribution in [0, 0.1) is 11.3 Å². The van der Waals surface area contributed by atoms with Crippen LogP contribution < -0.4 is 10.1 Å². The highest BCUT2D eigenvalue weighted by atomic mass is 16.5. The Morgan fingerprint density at radius 2 is 1.81 bits per heavy atom. The van der Waals surface area contributed by atoms with Crippen molar-refractivity contribution in [2.75, 3.05) is 13.2 Å². The molecule has 0 bridgehead atoms. The fraction of sp³-hybridized carbons (Fsp3) is 0.300. The maximum absolute atomic E-state index is 11.7. The van der Waals surface area contributed by atoms with E-state index in [4.69, 9.17) is 14.7 Å². The van der Waals surface area contributed by atoms with Gasteiger partial charge in [0.2, 0.25) is 0 Å². The third-order valence-electron chi connectivity index (χ3n) is 3.74. The van der Waals surface area contributed by atoms with Gasteiger partial charge in [-0.2, -0.15) is 5.26 Å². The maximum atomic E-state index is 11.7. The molecule has 0 fully saturated rings. The molecule has 0 saturated carbocycles. The second-order valence-electron chi connectivity index (χ2n) is 5.78. The lowest BCUT2D eigenvalue weighted by molar-refractivity contribution is 0.0184. The van der Waals surface area contributed by atoms with E-state index in [1.54, 1.807) is 24.3 Å². The van der Waals surface area contributed by atoms with Crippen LogP contribution in [0.1, 0.15) is 23.7 Å². The molecule has 0 saturated heterocycles. The SMILES string of the molecule is N#CCCOc1ccc(C(O)C(O)CNC(=O)OCc2ccccc2)cc1. The molecule has 2 unspecified atom stereocenters. The molecule has 27 heavy (non-hydrogen) atoms. The van der Waals surface area contributed by atoms with Gasteiger partial charge >= 0.3 is 6.09 Å². The number of nitrogens with zero attached hydrogens (tertiary/aromatic N) is 1. The number of hydrogen-bond donors (Lipinski definition) is 3. The summed E-state index contributed by atoms with van der Waals surface area (Å²) in [5, 5.41) is 31.1. The molecule has 2 rings (SSSR count). The summed E-state index contributed by atoms with van der Waals surface area (Å²) >= 11 is 0. The van der Waals surface area contributed by atoms with E-state index in [9.17, 15) is 15.0 Å². The number of aliphatic hydroxyl groups excluding tert-OH is 2. The van der Waals surface area contributed by atoms with Crippen LogP contribution in [0.5, 0.6) is 5.75 Å². The molecule has 2 atom stereocenters. The molecule has 2 aromatic carbocycles. The van der Waals surface area contributed by atoms with Crippen molar-refractivity contribution < 1.29 is 24.5 Å². The maximum Gasteiger partial charge on any atom is 0.407 e. The number of carbonyl (C=O) groups excluding carboxylic acids is 1. The van der Waals surface area contributed by atoms with Crippen LogP contribution in [0.15, 0.2) is 54.6 Å². The summed E-state index contributed by atoms with van der Waals surface area (Å²) in [5.41, 5.74) is 1.33. The molecule has 0 aromatic heterocycles. The number of aliphatic hydroxyl groups is 2. The number of amides is 1. The fourth-order valence-electron chi connectivity index (χ4n) is 2.27. The van der Waals surface area contributed by atoms with Crippen molar-refractivity contribution in [2.24, 2.45) is 0 Å². The molecule has 0 aliphatic rings. The summed E-state index contributed by atoms with van der Waals surface area (Å²) in [6, 6.07) is 17.7. The van der Waals surface area contributed by atoms with Gasteiger partial charge in [0.1, 0.15) is 31.2 Å². The molecule has 2 aromatic rings. The molecule has 1 amide bonds. The molecular weight excluding hydrogens is 348 g/mol. The Labute approximate surface area is 157 Å². The molecule has 0 spiro atoms. The topological polar surface area (TPSA) is 112 Å². The highest BCUT2D eigenvalue weighted by molar-refractivity contribution is 5.67. The minimum absolute atomic E-state index is 0.124. The van der Waals surface area contributed by atoms with Crippen LogP contribution in [0.2, 0.25) is 0 Å². The van der Waals surface area contributed by atoms with E-state index in [0.717, 1.165) is 5.56 Å². The summed E-state index contributed by atoms with van der Waals surface area (Å²) in [6.07, 6.45) is -2.76. The van der Waals surface area contributed by atoms with E-state index in [2.05, 4.69) is 5.32 Å². The van der Waals surface area contributed by atoms with Gasteiger partial charge in [-0.3, -0.25) is 0 Å². The number of benzene rings is 2. The highest BCUT2D eigenvalue weighted by Gasteiger charge is 2.19. The predicted octanol–water partition coefficient (Wildman–Crippen LogP) is 2.30. The van der Waals surface area contributed by atoms with E-state index in [1.165, 1.54) is 0 Å². The van der Waals surface area contributed by atoms with Crippen LogP contribution in [0.4, 0.5) is 4.79 Å². The van der Waals surface area contributed by atoms with E-state index in [0.29, 0.717) is 11.3 Å². The van der Waals surface area contributed by atoms with Crippen LogP contribution in [-0.2, 0) is 11.3 Å². The first-order valence-corrected chi connectivity index (χ1v) is 8.50. The summed E-state index contributed by atoms with van der Waals surface area (Å²) in [4.78, 5) is 11.7. The summed E-state index contributed by atoms with van der Waals surface area (Å²) < 4.78 is 10.4. The van der Waals surface area contributed by atoms with Crippen molar-refractivity contribution in [3.63, 3.8) is 0 Å². The van der Waals surface area contributed by atoms with Crippen molar-refractivity contribution in [1.82, 2.24) is 5.32 Å². The Morgan fingerprint density at radius 1 is 1.11 bits per heavy atom. The lowest BCUT2D eigenvalue weighted by Gasteiger charge is -2.19. The predicted molar refractivity (Wildman–Crippen MR) is 97.8 cm³/mol. The molecule has 0 radical (unpaired) electrons. The summed E-state index contributed by atoms with van der Waals surface area (Å²) in [5.74, 6) is 0.568. The largest absolute Gasteiger partial charge is 0.493 e. The molecule has 0 aliphatic heterocycles. The van der Waals surface area contributed by atoms with Gasteiger partial charge in [0, 0.05) is 6.54 Å². The van der Waals surface area contributed by atoms with Crippen molar-refractivity contribution in [3.05, 3.63) is 65.7 Å². The molecule has 142 valence electrons. The Bertz CT molecular complexity index is 743. The van der Waals surface area contributed by atoms with Crippen LogP contribution in [0.25, 0.3) is 0 Å². The highest BCUT2D eigenvalue weighted by Crippen LogP contribution is 2.20. The van der Waals surface area contributed by atoms with Crippen molar-refractivity contribution in [2.45, 2.75) is 25.2 Å². The average molecular weight is 370 g/mol. The van der Waals surface area contributed by atoms with Crippen molar-refractivity contribution in [3.8, 4) is 11.8 Å². The first-order valence-electron chi connectivity index (χ1n) is 8.50. The minimum atomic E-state index is -1.19. The normalized spacial score (nSPS) is 12.5. The number of ether oxygens (including phenoxy) is 2. The van der Waals surface area contributed by atoms with Gasteiger partial charge in [0.25, 0.3) is 0 Å². The quantitative estimate of drug-likeness (QED) is 0.584. The van der Waals surface area contributed by atoms with Crippen LogP contribution in [-0.4, -0.2) is 35.6 Å². The lowest BCUT2D eigenvalue weighted by Crippen LogP contribution is -2.35. The second-order valence-corrected chi connectivity index (χ2v) is 5.78.